The molecule has 0 bridgehead atoms. The maximum absolute atomic E-state index is 15.6. The predicted octanol–water partition coefficient (Wildman–Crippen LogP) is 7.46. The molecule has 0 radical (unpaired) electrons. The Morgan fingerprint density at radius 2 is 1.61 bits per heavy atom. The predicted molar refractivity (Wildman–Crippen MR) is 242 cm³/mol. The van der Waals surface area contributed by atoms with E-state index in [2.05, 4.69) is 32.3 Å². The van der Waals surface area contributed by atoms with Crippen LogP contribution in [0.1, 0.15) is 72.6 Å². The Hall–Kier alpha value is -5.98. The number of sulfone groups is 1. The second-order valence-corrected chi connectivity index (χ2v) is 22.7. The summed E-state index contributed by atoms with van der Waals surface area (Å²) in [6.45, 7) is -0.825. The highest BCUT2D eigenvalue weighted by Gasteiger charge is 2.68. The molecule has 28 heteroatoms. The zero-order valence-electron chi connectivity index (χ0n) is 38.4. The number of aromatic nitrogens is 5. The molecule has 1 saturated carbocycles. The first-order valence-corrected chi connectivity index (χ1v) is 25.5. The van der Waals surface area contributed by atoms with Gasteiger partial charge in [0.25, 0.3) is 5.92 Å². The molecule has 3 atom stereocenters. The van der Waals surface area contributed by atoms with E-state index in [1.165, 1.54) is 27.0 Å². The van der Waals surface area contributed by atoms with Gasteiger partial charge in [-0.2, -0.15) is 49.6 Å². The highest BCUT2D eigenvalue weighted by Crippen LogP contribution is 2.68. The van der Waals surface area contributed by atoms with Crippen molar-refractivity contribution in [3.8, 4) is 23.0 Å². The van der Waals surface area contributed by atoms with Crippen molar-refractivity contribution < 1.29 is 70.3 Å². The average Bonchev–Trinajstić information content (AvgIpc) is 3.76. The fourth-order valence-corrected chi connectivity index (χ4v) is 9.71. The van der Waals surface area contributed by atoms with Crippen LogP contribution in [0.3, 0.4) is 0 Å². The molecule has 15 nitrogen and oxygen atoms in total. The van der Waals surface area contributed by atoms with Crippen molar-refractivity contribution in [2.75, 3.05) is 37.0 Å². The summed E-state index contributed by atoms with van der Waals surface area (Å²) in [6, 6.07) is 3.61. The summed E-state index contributed by atoms with van der Waals surface area (Å²) in [5.74, 6) is -5.90. The number of pyridine rings is 1. The minimum absolute atomic E-state index is 0.0572. The normalized spacial score (nSPS) is 17.0. The van der Waals surface area contributed by atoms with Gasteiger partial charge in [0, 0.05) is 48.5 Å². The molecule has 3 N–H and O–H groups in total. The van der Waals surface area contributed by atoms with E-state index in [1.807, 2.05) is 0 Å². The number of nitrogens with zero attached hydrogens (tertiary/aromatic N) is 7. The maximum atomic E-state index is 15.6. The fourth-order valence-electron chi connectivity index (χ4n) is 8.37. The first kappa shape index (κ1) is 53.8. The molecule has 1 fully saturated rings. The molecule has 388 valence electrons. The second-order valence-electron chi connectivity index (χ2n) is 17.9. The first-order chi connectivity index (χ1) is 33.1. The van der Waals surface area contributed by atoms with Crippen LogP contribution < -0.4 is 15.4 Å². The monoisotopic (exact) mass is 1080 g/mol. The molecule has 3 aromatic heterocycles. The molecule has 7 rings (SSSR count). The van der Waals surface area contributed by atoms with Gasteiger partial charge in [0.2, 0.25) is 15.9 Å². The van der Waals surface area contributed by atoms with Crippen LogP contribution in [0.5, 0.6) is 0 Å². The number of urea groups is 1. The second kappa shape index (κ2) is 18.8. The van der Waals surface area contributed by atoms with Crippen LogP contribution in [0.2, 0.25) is 5.02 Å². The molecule has 2 aromatic carbocycles. The Morgan fingerprint density at radius 1 is 0.972 bits per heavy atom. The van der Waals surface area contributed by atoms with E-state index in [0.29, 0.717) is 17.0 Å². The summed E-state index contributed by atoms with van der Waals surface area (Å²) in [5.41, 5.74) is -0.191. The van der Waals surface area contributed by atoms with E-state index in [9.17, 15) is 61.5 Å². The number of amides is 3. The van der Waals surface area contributed by atoms with Crippen LogP contribution in [-0.2, 0) is 56.3 Å². The first-order valence-electron chi connectivity index (χ1n) is 21.4. The number of carbonyl (C=O) groups excluding carboxylic acids is 2. The van der Waals surface area contributed by atoms with E-state index in [-0.39, 0.29) is 57.3 Å². The number of alkyl halides is 8. The van der Waals surface area contributed by atoms with Crippen molar-refractivity contribution in [2.45, 2.75) is 81.2 Å². The van der Waals surface area contributed by atoms with Crippen molar-refractivity contribution in [1.29, 1.82) is 0 Å². The summed E-state index contributed by atoms with van der Waals surface area (Å²) in [5, 5.41) is 8.80. The smallest absolute Gasteiger partial charge is 0.346 e. The minimum Gasteiger partial charge on any atom is -0.346 e. The van der Waals surface area contributed by atoms with Gasteiger partial charge in [-0.05, 0) is 87.4 Å². The van der Waals surface area contributed by atoms with Crippen LogP contribution in [0, 0.1) is 29.4 Å². The lowest BCUT2D eigenvalue weighted by atomic mass is 9.93. The quantitative estimate of drug-likeness (QED) is 0.0833. The van der Waals surface area contributed by atoms with Gasteiger partial charge in [0.1, 0.15) is 40.9 Å². The number of nitrogens with two attached hydrogens (primary N) is 1. The van der Waals surface area contributed by atoms with Gasteiger partial charge in [0.15, 0.2) is 21.3 Å². The summed E-state index contributed by atoms with van der Waals surface area (Å²) < 4.78 is 198. The molecule has 3 amide bonds. The van der Waals surface area contributed by atoms with Gasteiger partial charge < -0.3 is 16.0 Å². The molecule has 2 aliphatic rings. The van der Waals surface area contributed by atoms with Crippen molar-refractivity contribution >= 4 is 60.1 Å². The zero-order chi connectivity index (χ0) is 53.4. The minimum atomic E-state index is -5.22. The largest absolute Gasteiger partial charge is 0.435 e. The van der Waals surface area contributed by atoms with Gasteiger partial charge in [-0.1, -0.05) is 23.6 Å². The molecule has 5 aromatic rings. The van der Waals surface area contributed by atoms with Crippen LogP contribution in [0.15, 0.2) is 42.5 Å². The molecular weight excluding hydrogens is 1040 g/mol. The van der Waals surface area contributed by atoms with Gasteiger partial charge in [-0.15, -0.1) is 0 Å². The topological polar surface area (TPSA) is 195 Å². The number of carbonyl (C=O) groups is 2. The maximum Gasteiger partial charge on any atom is 0.435 e. The lowest BCUT2D eigenvalue weighted by Crippen LogP contribution is -2.45. The Bertz CT molecular complexity index is 3290. The third kappa shape index (κ3) is 10.7. The Balaban J connectivity index is 1.49. The lowest BCUT2D eigenvalue weighted by Gasteiger charge is -2.25. The van der Waals surface area contributed by atoms with Crippen LogP contribution >= 0.6 is 11.6 Å². The van der Waals surface area contributed by atoms with Crippen LogP contribution in [0.25, 0.3) is 22.0 Å². The molecule has 72 heavy (non-hydrogen) atoms. The number of fused-ring (bicyclic) bond motifs is 4. The van der Waals surface area contributed by atoms with Gasteiger partial charge in [-0.25, -0.2) is 35.4 Å². The number of hydrogen-bond acceptors (Lipinski definition) is 10. The molecular formula is C44H42ClF10N9O6S2. The molecule has 0 aliphatic heterocycles. The highest BCUT2D eigenvalue weighted by molar-refractivity contribution is 7.93. The average molecular weight is 1080 g/mol. The highest BCUT2D eigenvalue weighted by atomic mass is 35.5. The van der Waals surface area contributed by atoms with E-state index >= 15 is 8.78 Å². The summed E-state index contributed by atoms with van der Waals surface area (Å²) in [6.07, 6.45) is -9.67. The molecule has 1 unspecified atom stereocenters. The summed E-state index contributed by atoms with van der Waals surface area (Å²) >= 11 is 6.66. The standard InChI is InChI=1S/C44H42ClF10N9O6S2/c1-41(2,71(4,67)68)12-11-25-7-8-26(27-9-10-30(45)34-36(27)63(21-42(48,49)50)60-39(34)64(72(5,69)70)40(66)61(3)14-6-13-56)35(57-25)31(17-22-15-23(46)18-24(47)16-22)58-32(65)20-62-38-33(37(59-62)44(53,54)55)28-19-29(28)43(38,51)52/h7-10,15-16,18,28-29,31H,6,13-14,17,19-21,56H2,1-5H3,(H,58,65)/t28?,29-,31+/m1/s1. The van der Waals surface area contributed by atoms with Crippen molar-refractivity contribution in [3.63, 3.8) is 0 Å². The van der Waals surface area contributed by atoms with Gasteiger partial charge >= 0.3 is 18.4 Å². The zero-order valence-corrected chi connectivity index (χ0v) is 40.7. The number of nitrogens with one attached hydrogen (secondary N) is 1. The van der Waals surface area contributed by atoms with Crippen molar-refractivity contribution in [2.24, 2.45) is 11.7 Å². The lowest BCUT2D eigenvalue weighted by molar-refractivity contribution is -0.143. The fraction of sp³-hybridized carbons (Fsp3) is 0.432. The Labute approximate surface area is 409 Å². The van der Waals surface area contributed by atoms with E-state index in [0.717, 1.165) is 41.5 Å². The van der Waals surface area contributed by atoms with Gasteiger partial charge in [0.05, 0.1) is 33.9 Å². The number of benzene rings is 2. The van der Waals surface area contributed by atoms with Crippen molar-refractivity contribution in [1.82, 2.24) is 34.8 Å². The van der Waals surface area contributed by atoms with E-state index in [4.69, 9.17) is 17.3 Å². The number of rotatable bonds is 14. The number of halogens is 11. The summed E-state index contributed by atoms with van der Waals surface area (Å²) in [4.78, 5) is 33.5. The number of sulfonamides is 1. The van der Waals surface area contributed by atoms with Crippen molar-refractivity contribution in [3.05, 3.63) is 93.0 Å². The van der Waals surface area contributed by atoms with Crippen LogP contribution in [0.4, 0.5) is 54.5 Å². The molecule has 0 spiro atoms. The van der Waals surface area contributed by atoms with E-state index in [1.54, 1.807) is 0 Å². The molecule has 3 heterocycles. The Morgan fingerprint density at radius 3 is 2.19 bits per heavy atom. The number of hydrogen-bond donors (Lipinski definition) is 2. The third-order valence-electron chi connectivity index (χ3n) is 12.0. The van der Waals surface area contributed by atoms with Gasteiger partial charge in [-0.3, -0.25) is 14.2 Å². The summed E-state index contributed by atoms with van der Waals surface area (Å²) in [7, 11) is -7.47. The SMILES string of the molecule is CN(CCCN)C(=O)N(c1nn(CC(F)(F)F)c2c(-c3ccc(C#CC(C)(C)S(C)(=O)=O)nc3[C@H](Cc3cc(F)cc(F)c3)NC(=O)Cn3nc(C(F)(F)F)c4c3C(F)(F)[C@@H]3CC43)ccc(Cl)c12)S(C)(=O)=O. The number of anilines is 1. The molecule has 2 aliphatic carbocycles. The van der Waals surface area contributed by atoms with E-state index < -0.39 is 148 Å². The van der Waals surface area contributed by atoms with Crippen LogP contribution in [-0.4, -0.2) is 102 Å². The Kier molecular flexibility index (Phi) is 14.1. The molecule has 0 saturated heterocycles. The third-order valence-corrected chi connectivity index (χ3v) is 15.3.